The molecular weight excluding hydrogens is 252 g/mol. The van der Waals surface area contributed by atoms with Crippen molar-refractivity contribution in [2.75, 3.05) is 12.8 Å². The van der Waals surface area contributed by atoms with E-state index >= 15 is 0 Å². The molecule has 0 atom stereocenters. The summed E-state index contributed by atoms with van der Waals surface area (Å²) in [5.41, 5.74) is 7.62. The average Bonchev–Trinajstić information content (AvgIpc) is 2.44. The number of anilines is 1. The van der Waals surface area contributed by atoms with Crippen LogP contribution in [0.15, 0.2) is 24.3 Å². The van der Waals surface area contributed by atoms with Crippen molar-refractivity contribution in [2.45, 2.75) is 39.4 Å². The highest BCUT2D eigenvalue weighted by Crippen LogP contribution is 2.25. The van der Waals surface area contributed by atoms with Crippen molar-refractivity contribution in [3.05, 3.63) is 29.8 Å². The van der Waals surface area contributed by atoms with E-state index in [1.807, 2.05) is 24.3 Å². The zero-order valence-electron chi connectivity index (χ0n) is 12.6. The molecule has 0 amide bonds. The number of nitrogen functional groups attached to an aromatic ring is 1. The maximum absolute atomic E-state index is 6.02. The van der Waals surface area contributed by atoms with E-state index in [1.54, 1.807) is 7.11 Å². The third kappa shape index (κ3) is 3.20. The number of pyridine rings is 1. The van der Waals surface area contributed by atoms with Gasteiger partial charge in [-0.15, -0.1) is 0 Å². The molecule has 1 aromatic carbocycles. The maximum atomic E-state index is 6.02. The van der Waals surface area contributed by atoms with Gasteiger partial charge in [-0.1, -0.05) is 6.92 Å². The standard InChI is InChI=1S/C16H22N2O2/c1-5-16(2,3)20-10-12-8-11-6-7-13(19-4)9-14(11)18-15(12)17/h6-9H,5,10H2,1-4H3,(H2,17,18). The monoisotopic (exact) mass is 274 g/mol. The first-order valence-electron chi connectivity index (χ1n) is 6.82. The molecule has 0 aliphatic rings. The predicted octanol–water partition coefficient (Wildman–Crippen LogP) is 3.53. The molecule has 20 heavy (non-hydrogen) atoms. The molecule has 108 valence electrons. The molecule has 0 fully saturated rings. The lowest BCUT2D eigenvalue weighted by molar-refractivity contribution is -0.0314. The number of nitrogens with zero attached hydrogens (tertiary/aromatic N) is 1. The van der Waals surface area contributed by atoms with E-state index < -0.39 is 0 Å². The van der Waals surface area contributed by atoms with Gasteiger partial charge in [-0.2, -0.15) is 0 Å². The Balaban J connectivity index is 2.29. The molecule has 2 aromatic rings. The van der Waals surface area contributed by atoms with Crippen LogP contribution < -0.4 is 10.5 Å². The van der Waals surface area contributed by atoms with Gasteiger partial charge >= 0.3 is 0 Å². The molecule has 0 aliphatic heterocycles. The normalized spacial score (nSPS) is 11.8. The van der Waals surface area contributed by atoms with Gasteiger partial charge < -0.3 is 15.2 Å². The van der Waals surface area contributed by atoms with E-state index in [2.05, 4.69) is 25.8 Å². The van der Waals surface area contributed by atoms with E-state index in [0.29, 0.717) is 12.4 Å². The van der Waals surface area contributed by atoms with Gasteiger partial charge in [0.1, 0.15) is 11.6 Å². The number of aromatic nitrogens is 1. The topological polar surface area (TPSA) is 57.4 Å². The fourth-order valence-electron chi connectivity index (χ4n) is 1.82. The van der Waals surface area contributed by atoms with Crippen LogP contribution in [0.4, 0.5) is 5.82 Å². The first-order valence-corrected chi connectivity index (χ1v) is 6.82. The zero-order chi connectivity index (χ0) is 14.8. The second-order valence-electron chi connectivity index (χ2n) is 5.49. The molecular formula is C16H22N2O2. The maximum Gasteiger partial charge on any atom is 0.129 e. The van der Waals surface area contributed by atoms with Crippen LogP contribution in [0, 0.1) is 0 Å². The number of hydrogen-bond donors (Lipinski definition) is 1. The number of fused-ring (bicyclic) bond motifs is 1. The van der Waals surface area contributed by atoms with E-state index in [1.165, 1.54) is 0 Å². The SMILES string of the molecule is CCC(C)(C)OCc1cc2ccc(OC)cc2nc1N. The molecule has 1 heterocycles. The predicted molar refractivity (Wildman–Crippen MR) is 81.9 cm³/mol. The summed E-state index contributed by atoms with van der Waals surface area (Å²) >= 11 is 0. The molecule has 0 saturated carbocycles. The fourth-order valence-corrected chi connectivity index (χ4v) is 1.82. The van der Waals surface area contributed by atoms with Crippen LogP contribution in [0.2, 0.25) is 0 Å². The molecule has 1 aromatic heterocycles. The summed E-state index contributed by atoms with van der Waals surface area (Å²) in [5.74, 6) is 1.29. The van der Waals surface area contributed by atoms with Crippen molar-refractivity contribution < 1.29 is 9.47 Å². The zero-order valence-corrected chi connectivity index (χ0v) is 12.6. The summed E-state index contributed by atoms with van der Waals surface area (Å²) in [7, 11) is 1.64. The van der Waals surface area contributed by atoms with Crippen molar-refractivity contribution in [3.8, 4) is 5.75 Å². The number of ether oxygens (including phenoxy) is 2. The quantitative estimate of drug-likeness (QED) is 0.906. The van der Waals surface area contributed by atoms with Crippen LogP contribution in [-0.4, -0.2) is 17.7 Å². The number of nitrogens with two attached hydrogens (primary N) is 1. The number of hydrogen-bond acceptors (Lipinski definition) is 4. The van der Waals surface area contributed by atoms with Gasteiger partial charge in [-0.3, -0.25) is 0 Å². The van der Waals surface area contributed by atoms with Crippen LogP contribution in [-0.2, 0) is 11.3 Å². The Morgan fingerprint density at radius 3 is 2.65 bits per heavy atom. The van der Waals surface area contributed by atoms with Crippen LogP contribution >= 0.6 is 0 Å². The van der Waals surface area contributed by atoms with E-state index in [9.17, 15) is 0 Å². The van der Waals surface area contributed by atoms with E-state index in [-0.39, 0.29) is 5.60 Å². The van der Waals surface area contributed by atoms with E-state index in [0.717, 1.165) is 28.6 Å². The summed E-state index contributed by atoms with van der Waals surface area (Å²) in [5, 5.41) is 1.04. The Labute approximate surface area is 119 Å². The summed E-state index contributed by atoms with van der Waals surface area (Å²) in [6.45, 7) is 6.72. The molecule has 4 heteroatoms. The summed E-state index contributed by atoms with van der Waals surface area (Å²) in [6, 6.07) is 7.81. The van der Waals surface area contributed by atoms with Gasteiger partial charge in [-0.05, 0) is 38.5 Å². The van der Waals surface area contributed by atoms with Crippen molar-refractivity contribution in [1.29, 1.82) is 0 Å². The van der Waals surface area contributed by atoms with Crippen molar-refractivity contribution in [3.63, 3.8) is 0 Å². The molecule has 0 aliphatic carbocycles. The number of methoxy groups -OCH3 is 1. The molecule has 2 N–H and O–H groups in total. The van der Waals surface area contributed by atoms with E-state index in [4.69, 9.17) is 15.2 Å². The molecule has 0 spiro atoms. The van der Waals surface area contributed by atoms with Crippen LogP contribution in [0.1, 0.15) is 32.8 Å². The van der Waals surface area contributed by atoms with Crippen molar-refractivity contribution >= 4 is 16.7 Å². The number of benzene rings is 1. The first-order chi connectivity index (χ1) is 9.45. The lowest BCUT2D eigenvalue weighted by Crippen LogP contribution is -2.23. The van der Waals surface area contributed by atoms with Gasteiger partial charge in [0.25, 0.3) is 0 Å². The van der Waals surface area contributed by atoms with Gasteiger partial charge in [0.15, 0.2) is 0 Å². The van der Waals surface area contributed by atoms with Crippen LogP contribution in [0.5, 0.6) is 5.75 Å². The van der Waals surface area contributed by atoms with Crippen LogP contribution in [0.3, 0.4) is 0 Å². The Morgan fingerprint density at radius 2 is 2.00 bits per heavy atom. The Bertz CT molecular complexity index is 609. The number of rotatable bonds is 5. The average molecular weight is 274 g/mol. The summed E-state index contributed by atoms with van der Waals surface area (Å²) in [6.07, 6.45) is 0.950. The highest BCUT2D eigenvalue weighted by Gasteiger charge is 2.16. The van der Waals surface area contributed by atoms with Gasteiger partial charge in [-0.25, -0.2) is 4.98 Å². The third-order valence-corrected chi connectivity index (χ3v) is 3.61. The van der Waals surface area contributed by atoms with Gasteiger partial charge in [0, 0.05) is 17.0 Å². The van der Waals surface area contributed by atoms with Crippen molar-refractivity contribution in [1.82, 2.24) is 4.98 Å². The second kappa shape index (κ2) is 5.67. The molecule has 0 saturated heterocycles. The van der Waals surface area contributed by atoms with Crippen molar-refractivity contribution in [2.24, 2.45) is 0 Å². The fraction of sp³-hybridized carbons (Fsp3) is 0.438. The van der Waals surface area contributed by atoms with Crippen LogP contribution in [0.25, 0.3) is 10.9 Å². The lowest BCUT2D eigenvalue weighted by Gasteiger charge is -2.23. The second-order valence-corrected chi connectivity index (χ2v) is 5.49. The summed E-state index contributed by atoms with van der Waals surface area (Å²) in [4.78, 5) is 4.43. The molecule has 0 bridgehead atoms. The smallest absolute Gasteiger partial charge is 0.129 e. The minimum Gasteiger partial charge on any atom is -0.497 e. The lowest BCUT2D eigenvalue weighted by atomic mass is 10.1. The Hall–Kier alpha value is -1.81. The minimum absolute atomic E-state index is 0.151. The molecule has 0 radical (unpaired) electrons. The molecule has 0 unspecified atom stereocenters. The highest BCUT2D eigenvalue weighted by molar-refractivity contribution is 5.82. The Kier molecular flexibility index (Phi) is 4.14. The molecule has 4 nitrogen and oxygen atoms in total. The minimum atomic E-state index is -0.151. The largest absolute Gasteiger partial charge is 0.497 e. The van der Waals surface area contributed by atoms with Gasteiger partial charge in [0.05, 0.1) is 24.8 Å². The Morgan fingerprint density at radius 1 is 1.25 bits per heavy atom. The highest BCUT2D eigenvalue weighted by atomic mass is 16.5. The third-order valence-electron chi connectivity index (χ3n) is 3.61. The molecule has 2 rings (SSSR count). The summed E-state index contributed by atoms with van der Waals surface area (Å²) < 4.78 is 11.1. The van der Waals surface area contributed by atoms with Gasteiger partial charge in [0.2, 0.25) is 0 Å². The first kappa shape index (κ1) is 14.6.